The minimum atomic E-state index is -0.138. The van der Waals surface area contributed by atoms with Crippen molar-refractivity contribution >= 4 is 27.9 Å². The zero-order chi connectivity index (χ0) is 21.4. The van der Waals surface area contributed by atoms with Gasteiger partial charge in [0.15, 0.2) is 0 Å². The second-order valence-electron chi connectivity index (χ2n) is 7.87. The zero-order valence-corrected chi connectivity index (χ0v) is 18.9. The van der Waals surface area contributed by atoms with Gasteiger partial charge in [-0.25, -0.2) is 4.98 Å². The predicted octanol–water partition coefficient (Wildman–Crippen LogP) is 4.37. The minimum absolute atomic E-state index is 0.138. The number of aromatic hydroxyl groups is 1. The molecule has 1 unspecified atom stereocenters. The number of aryl methyl sites for hydroxylation is 1. The van der Waals surface area contributed by atoms with Crippen LogP contribution in [0.4, 0.5) is 0 Å². The van der Waals surface area contributed by atoms with E-state index in [1.165, 1.54) is 21.4 Å². The lowest BCUT2D eigenvalue weighted by Crippen LogP contribution is -2.47. The third kappa shape index (κ3) is 4.06. The summed E-state index contributed by atoms with van der Waals surface area (Å²) in [5.74, 6) is 0.800. The lowest BCUT2D eigenvalue weighted by atomic mass is 10.0. The molecule has 0 aliphatic carbocycles. The van der Waals surface area contributed by atoms with Crippen molar-refractivity contribution in [3.8, 4) is 5.88 Å². The van der Waals surface area contributed by atoms with E-state index in [2.05, 4.69) is 50.2 Å². The summed E-state index contributed by atoms with van der Waals surface area (Å²) in [5, 5.41) is 16.0. The highest BCUT2D eigenvalue weighted by atomic mass is 35.5. The maximum atomic E-state index is 11.0. The largest absolute Gasteiger partial charge is 0.492 e. The van der Waals surface area contributed by atoms with Gasteiger partial charge < -0.3 is 5.11 Å². The second-order valence-corrected chi connectivity index (χ2v) is 9.28. The minimum Gasteiger partial charge on any atom is -0.492 e. The first-order valence-electron chi connectivity index (χ1n) is 10.4. The predicted molar refractivity (Wildman–Crippen MR) is 124 cm³/mol. The van der Waals surface area contributed by atoms with Crippen LogP contribution in [0.1, 0.15) is 27.9 Å². The molecule has 2 aromatic carbocycles. The lowest BCUT2D eigenvalue weighted by Gasteiger charge is -2.39. The van der Waals surface area contributed by atoms with Crippen molar-refractivity contribution in [1.82, 2.24) is 24.4 Å². The number of thiazole rings is 1. The molecule has 0 radical (unpaired) electrons. The van der Waals surface area contributed by atoms with Crippen LogP contribution < -0.4 is 0 Å². The molecular weight excluding hydrogens is 430 g/mol. The van der Waals surface area contributed by atoms with Crippen LogP contribution >= 0.6 is 22.9 Å². The number of nitrogens with zero attached hydrogens (tertiary/aromatic N) is 5. The summed E-state index contributed by atoms with van der Waals surface area (Å²) in [4.78, 5) is 10.9. The van der Waals surface area contributed by atoms with E-state index in [-0.39, 0.29) is 11.9 Å². The summed E-state index contributed by atoms with van der Waals surface area (Å²) in [6.07, 6.45) is 0. The average Bonchev–Trinajstić information content (AvgIpc) is 3.29. The molecular formula is C23H24ClN5OS. The molecule has 1 fully saturated rings. The molecule has 8 heteroatoms. The number of hydrogen-bond donors (Lipinski definition) is 1. The van der Waals surface area contributed by atoms with Crippen LogP contribution in [0.2, 0.25) is 5.02 Å². The maximum Gasteiger partial charge on any atom is 0.230 e. The van der Waals surface area contributed by atoms with Gasteiger partial charge in [-0.3, -0.25) is 9.80 Å². The van der Waals surface area contributed by atoms with Gasteiger partial charge >= 0.3 is 0 Å². The summed E-state index contributed by atoms with van der Waals surface area (Å²) in [5.41, 5.74) is 2.33. The summed E-state index contributed by atoms with van der Waals surface area (Å²) in [6, 6.07) is 18.3. The fourth-order valence-electron chi connectivity index (χ4n) is 4.25. The van der Waals surface area contributed by atoms with E-state index < -0.39 is 0 Å². The first kappa shape index (κ1) is 20.5. The molecule has 1 atom stereocenters. The fourth-order valence-corrected chi connectivity index (χ4v) is 5.64. The van der Waals surface area contributed by atoms with E-state index >= 15 is 0 Å². The summed E-state index contributed by atoms with van der Waals surface area (Å²) >= 11 is 8.10. The SMILES string of the molecule is Cc1nc2sc(C(c3ccccc3Cl)N3CCN(Cc4ccccc4)CC3)c(O)n2n1. The summed E-state index contributed by atoms with van der Waals surface area (Å²) < 4.78 is 1.53. The Hall–Kier alpha value is -2.45. The Balaban J connectivity index is 1.44. The van der Waals surface area contributed by atoms with E-state index in [0.29, 0.717) is 15.8 Å². The summed E-state index contributed by atoms with van der Waals surface area (Å²) in [7, 11) is 0. The van der Waals surface area contributed by atoms with Crippen molar-refractivity contribution in [2.24, 2.45) is 0 Å². The van der Waals surface area contributed by atoms with E-state index in [1.54, 1.807) is 0 Å². The molecule has 1 aliphatic heterocycles. The molecule has 0 amide bonds. The monoisotopic (exact) mass is 453 g/mol. The van der Waals surface area contributed by atoms with Crippen molar-refractivity contribution in [3.63, 3.8) is 0 Å². The van der Waals surface area contributed by atoms with Crippen molar-refractivity contribution < 1.29 is 5.11 Å². The number of piperazine rings is 1. The lowest BCUT2D eigenvalue weighted by molar-refractivity contribution is 0.105. The molecule has 5 rings (SSSR count). The molecule has 31 heavy (non-hydrogen) atoms. The van der Waals surface area contributed by atoms with Crippen LogP contribution in [0, 0.1) is 6.92 Å². The zero-order valence-electron chi connectivity index (χ0n) is 17.3. The van der Waals surface area contributed by atoms with Gasteiger partial charge in [0.05, 0.1) is 10.9 Å². The molecule has 1 saturated heterocycles. The molecule has 1 N–H and O–H groups in total. The smallest absolute Gasteiger partial charge is 0.230 e. The Morgan fingerprint density at radius 3 is 2.45 bits per heavy atom. The molecule has 0 saturated carbocycles. The van der Waals surface area contributed by atoms with Crippen LogP contribution in [0.25, 0.3) is 4.96 Å². The van der Waals surface area contributed by atoms with E-state index in [0.717, 1.165) is 43.2 Å². The molecule has 160 valence electrons. The van der Waals surface area contributed by atoms with Gasteiger partial charge in [-0.05, 0) is 24.1 Å². The Morgan fingerprint density at radius 1 is 1.03 bits per heavy atom. The number of halogens is 1. The number of hydrogen-bond acceptors (Lipinski definition) is 6. The van der Waals surface area contributed by atoms with Crippen molar-refractivity contribution in [3.05, 3.63) is 81.4 Å². The molecule has 2 aromatic heterocycles. The van der Waals surface area contributed by atoms with Gasteiger partial charge in [-0.15, -0.1) is 5.10 Å². The number of benzene rings is 2. The van der Waals surface area contributed by atoms with Gasteiger partial charge in [-0.2, -0.15) is 4.52 Å². The Kier molecular flexibility index (Phi) is 5.67. The first-order chi connectivity index (χ1) is 15.1. The molecule has 3 heterocycles. The van der Waals surface area contributed by atoms with Gasteiger partial charge in [0.1, 0.15) is 5.82 Å². The molecule has 0 spiro atoms. The average molecular weight is 454 g/mol. The van der Waals surface area contributed by atoms with Crippen molar-refractivity contribution in [1.29, 1.82) is 0 Å². The van der Waals surface area contributed by atoms with E-state index in [4.69, 9.17) is 11.6 Å². The van der Waals surface area contributed by atoms with Crippen LogP contribution in [-0.4, -0.2) is 55.7 Å². The van der Waals surface area contributed by atoms with Crippen LogP contribution in [0.3, 0.4) is 0 Å². The van der Waals surface area contributed by atoms with E-state index in [1.807, 2.05) is 31.2 Å². The molecule has 6 nitrogen and oxygen atoms in total. The first-order valence-corrected chi connectivity index (χ1v) is 11.6. The fraction of sp³-hybridized carbons (Fsp3) is 0.304. The third-order valence-electron chi connectivity index (χ3n) is 5.77. The molecule has 4 aromatic rings. The topological polar surface area (TPSA) is 56.9 Å². The Bertz CT molecular complexity index is 1180. The Labute approximate surface area is 190 Å². The number of fused-ring (bicyclic) bond motifs is 1. The highest BCUT2D eigenvalue weighted by Gasteiger charge is 2.32. The highest BCUT2D eigenvalue weighted by Crippen LogP contribution is 2.42. The number of rotatable bonds is 5. The third-order valence-corrected chi connectivity index (χ3v) is 7.19. The quantitative estimate of drug-likeness (QED) is 0.486. The maximum absolute atomic E-state index is 11.0. The van der Waals surface area contributed by atoms with Gasteiger partial charge in [0.2, 0.25) is 10.8 Å². The standard InChI is InChI=1S/C23H24ClN5OS/c1-16-25-23-29(26-16)22(30)21(31-23)20(18-9-5-6-10-19(18)24)28-13-11-27(12-14-28)15-17-7-3-2-4-8-17/h2-10,20,30H,11-15H2,1H3. The Morgan fingerprint density at radius 2 is 1.74 bits per heavy atom. The van der Waals surface area contributed by atoms with Gasteiger partial charge in [0, 0.05) is 37.7 Å². The molecule has 1 aliphatic rings. The van der Waals surface area contributed by atoms with E-state index in [9.17, 15) is 5.11 Å². The van der Waals surface area contributed by atoms with Crippen molar-refractivity contribution in [2.75, 3.05) is 26.2 Å². The highest BCUT2D eigenvalue weighted by molar-refractivity contribution is 7.17. The second kappa shape index (κ2) is 8.59. The van der Waals surface area contributed by atoms with Crippen LogP contribution in [0.5, 0.6) is 5.88 Å². The normalized spacial score (nSPS) is 16.7. The van der Waals surface area contributed by atoms with Gasteiger partial charge in [0.25, 0.3) is 0 Å². The van der Waals surface area contributed by atoms with Crippen LogP contribution in [0.15, 0.2) is 54.6 Å². The summed E-state index contributed by atoms with van der Waals surface area (Å²) in [6.45, 7) is 6.46. The van der Waals surface area contributed by atoms with Gasteiger partial charge in [-0.1, -0.05) is 71.5 Å². The van der Waals surface area contributed by atoms with Crippen LogP contribution in [-0.2, 0) is 6.54 Å². The number of aromatic nitrogens is 3. The van der Waals surface area contributed by atoms with Crippen molar-refractivity contribution in [2.45, 2.75) is 19.5 Å². The molecule has 0 bridgehead atoms.